The molecule has 0 radical (unpaired) electrons. The van der Waals surface area contributed by atoms with Gasteiger partial charge < -0.3 is 20.4 Å². The Morgan fingerprint density at radius 3 is 2.63 bits per heavy atom. The maximum Gasteiger partial charge on any atom is 0.220 e. The van der Waals surface area contributed by atoms with Gasteiger partial charge in [-0.15, -0.1) is 12.4 Å². The summed E-state index contributed by atoms with van der Waals surface area (Å²) in [4.78, 5) is 19.6. The summed E-state index contributed by atoms with van der Waals surface area (Å²) in [6.45, 7) is 3.84. The smallest absolute Gasteiger partial charge is 0.220 e. The van der Waals surface area contributed by atoms with Gasteiger partial charge in [0.05, 0.1) is 10.4 Å². The van der Waals surface area contributed by atoms with Crippen molar-refractivity contribution in [3.8, 4) is 11.1 Å². The van der Waals surface area contributed by atoms with E-state index in [1.807, 2.05) is 12.1 Å². The van der Waals surface area contributed by atoms with Gasteiger partial charge in [0.25, 0.3) is 0 Å². The van der Waals surface area contributed by atoms with E-state index in [9.17, 15) is 4.79 Å². The van der Waals surface area contributed by atoms with Crippen molar-refractivity contribution < 1.29 is 4.42 Å². The number of anilines is 2. The van der Waals surface area contributed by atoms with Crippen molar-refractivity contribution in [1.29, 1.82) is 0 Å². The summed E-state index contributed by atoms with van der Waals surface area (Å²) in [7, 11) is 0. The second-order valence-electron chi connectivity index (χ2n) is 7.10. The molecule has 2 aromatic heterocycles. The molecule has 0 unspecified atom stereocenters. The predicted molar refractivity (Wildman–Crippen MR) is 125 cm³/mol. The Kier molecular flexibility index (Phi) is 5.56. The lowest BCUT2D eigenvalue weighted by Crippen LogP contribution is -2.43. The Labute approximate surface area is 184 Å². The molecule has 0 aliphatic carbocycles. The molecule has 1 fully saturated rings. The van der Waals surface area contributed by atoms with Gasteiger partial charge in [0.2, 0.25) is 5.43 Å². The summed E-state index contributed by atoms with van der Waals surface area (Å²) in [5.41, 5.74) is 9.78. The molecule has 0 amide bonds. The standard InChI is InChI=1S/C22H19ClN4O2.ClH/c23-16-5-2-6-17-19(16)21(28)20-18(29-17)12-15(22(24)26-20)13-3-1-4-14(11-13)27-9-7-25-8-10-27;/h1-6,11-12,25H,7-10H2,(H2,24,26);1H. The molecule has 2 aromatic carbocycles. The predicted octanol–water partition coefficient (Wildman–Crippen LogP) is 4.08. The molecule has 0 bridgehead atoms. The first-order valence-corrected chi connectivity index (χ1v) is 9.87. The number of halogens is 2. The summed E-state index contributed by atoms with van der Waals surface area (Å²) in [5, 5.41) is 4.02. The van der Waals surface area contributed by atoms with Crippen LogP contribution in [0.15, 0.2) is 57.7 Å². The van der Waals surface area contributed by atoms with E-state index >= 15 is 0 Å². The van der Waals surface area contributed by atoms with E-state index in [1.54, 1.807) is 24.3 Å². The van der Waals surface area contributed by atoms with Gasteiger partial charge >= 0.3 is 0 Å². The minimum atomic E-state index is -0.278. The maximum absolute atomic E-state index is 12.9. The van der Waals surface area contributed by atoms with Gasteiger partial charge in [-0.25, -0.2) is 4.98 Å². The second-order valence-corrected chi connectivity index (χ2v) is 7.51. The molecule has 6 nitrogen and oxygen atoms in total. The van der Waals surface area contributed by atoms with Crippen LogP contribution in [0.4, 0.5) is 11.5 Å². The van der Waals surface area contributed by atoms with Crippen molar-refractivity contribution >= 4 is 57.6 Å². The van der Waals surface area contributed by atoms with Crippen LogP contribution in [0.25, 0.3) is 33.2 Å². The fourth-order valence-corrected chi connectivity index (χ4v) is 4.07. The van der Waals surface area contributed by atoms with E-state index in [0.29, 0.717) is 21.6 Å². The van der Waals surface area contributed by atoms with Crippen LogP contribution in [-0.4, -0.2) is 31.2 Å². The van der Waals surface area contributed by atoms with Gasteiger partial charge in [-0.3, -0.25) is 4.79 Å². The first-order valence-electron chi connectivity index (χ1n) is 9.49. The van der Waals surface area contributed by atoms with Crippen molar-refractivity contribution in [3.63, 3.8) is 0 Å². The highest BCUT2D eigenvalue weighted by atomic mass is 35.5. The lowest BCUT2D eigenvalue weighted by Gasteiger charge is -2.29. The highest BCUT2D eigenvalue weighted by Gasteiger charge is 2.16. The zero-order chi connectivity index (χ0) is 20.0. The minimum Gasteiger partial charge on any atom is -0.454 e. The lowest BCUT2D eigenvalue weighted by molar-refractivity contribution is 0.589. The zero-order valence-electron chi connectivity index (χ0n) is 16.0. The van der Waals surface area contributed by atoms with Crippen LogP contribution < -0.4 is 21.4 Å². The van der Waals surface area contributed by atoms with Crippen LogP contribution in [0.1, 0.15) is 0 Å². The number of nitrogens with zero attached hydrogens (tertiary/aromatic N) is 2. The Balaban J connectivity index is 0.00000218. The first-order chi connectivity index (χ1) is 14.1. The average molecular weight is 443 g/mol. The van der Waals surface area contributed by atoms with E-state index < -0.39 is 0 Å². The van der Waals surface area contributed by atoms with Crippen molar-refractivity contribution in [2.75, 3.05) is 36.8 Å². The summed E-state index contributed by atoms with van der Waals surface area (Å²) >= 11 is 6.19. The molecule has 3 heterocycles. The van der Waals surface area contributed by atoms with Crippen LogP contribution in [0.3, 0.4) is 0 Å². The molecule has 0 atom stereocenters. The van der Waals surface area contributed by atoms with Gasteiger partial charge in [-0.2, -0.15) is 0 Å². The van der Waals surface area contributed by atoms with Crippen LogP contribution in [0.2, 0.25) is 5.02 Å². The van der Waals surface area contributed by atoms with Crippen molar-refractivity contribution in [2.45, 2.75) is 0 Å². The minimum absolute atomic E-state index is 0. The Hall–Kier alpha value is -2.80. The van der Waals surface area contributed by atoms with Gasteiger partial charge in [0.15, 0.2) is 11.1 Å². The first kappa shape index (κ1) is 20.5. The largest absolute Gasteiger partial charge is 0.454 e. The molecule has 0 saturated carbocycles. The van der Waals surface area contributed by atoms with E-state index in [4.69, 9.17) is 21.8 Å². The highest BCUT2D eigenvalue weighted by molar-refractivity contribution is 6.35. The normalized spacial score (nSPS) is 14.1. The fraction of sp³-hybridized carbons (Fsp3) is 0.182. The number of nitrogen functional groups attached to an aromatic ring is 1. The SMILES string of the molecule is Cl.Nc1nc2c(=O)c3c(Cl)cccc3oc2cc1-c1cccc(N2CCNCC2)c1. The van der Waals surface area contributed by atoms with E-state index in [1.165, 1.54) is 0 Å². The number of hydrogen-bond acceptors (Lipinski definition) is 6. The number of hydrogen-bond donors (Lipinski definition) is 2. The van der Waals surface area contributed by atoms with Gasteiger partial charge in [-0.05, 0) is 35.9 Å². The summed E-state index contributed by atoms with van der Waals surface area (Å²) < 4.78 is 5.95. The fourth-order valence-electron chi connectivity index (χ4n) is 3.82. The third-order valence-corrected chi connectivity index (χ3v) is 5.61. The van der Waals surface area contributed by atoms with Crippen LogP contribution in [0, 0.1) is 0 Å². The third kappa shape index (κ3) is 3.47. The number of benzene rings is 2. The van der Waals surface area contributed by atoms with Gasteiger partial charge in [0, 0.05) is 37.4 Å². The van der Waals surface area contributed by atoms with E-state index in [0.717, 1.165) is 43.0 Å². The van der Waals surface area contributed by atoms with Crippen molar-refractivity contribution in [2.24, 2.45) is 0 Å². The molecule has 30 heavy (non-hydrogen) atoms. The maximum atomic E-state index is 12.9. The second kappa shape index (κ2) is 8.14. The number of nitrogens with two attached hydrogens (primary N) is 1. The number of nitrogens with one attached hydrogen (secondary N) is 1. The quantitative estimate of drug-likeness (QED) is 0.455. The number of fused-ring (bicyclic) bond motifs is 2. The van der Waals surface area contributed by atoms with Gasteiger partial charge in [0.1, 0.15) is 11.4 Å². The molecular formula is C22H20Cl2N4O2. The molecule has 5 rings (SSSR count). The van der Waals surface area contributed by atoms with Crippen molar-refractivity contribution in [3.05, 3.63) is 63.8 Å². The molecule has 154 valence electrons. The van der Waals surface area contributed by atoms with E-state index in [-0.39, 0.29) is 29.2 Å². The summed E-state index contributed by atoms with van der Waals surface area (Å²) in [6, 6.07) is 15.1. The molecule has 1 aliphatic rings. The Bertz CT molecular complexity index is 1300. The summed E-state index contributed by atoms with van der Waals surface area (Å²) in [5.74, 6) is 0.286. The topological polar surface area (TPSA) is 84.4 Å². The molecule has 3 N–H and O–H groups in total. The number of pyridine rings is 1. The molecule has 1 saturated heterocycles. The average Bonchev–Trinajstić information content (AvgIpc) is 2.75. The number of piperazine rings is 1. The van der Waals surface area contributed by atoms with Gasteiger partial charge in [-0.1, -0.05) is 29.8 Å². The molecule has 1 aliphatic heterocycles. The molecule has 0 spiro atoms. The third-order valence-electron chi connectivity index (χ3n) is 5.29. The van der Waals surface area contributed by atoms with Crippen LogP contribution in [-0.2, 0) is 0 Å². The monoisotopic (exact) mass is 442 g/mol. The van der Waals surface area contributed by atoms with Crippen LogP contribution in [0.5, 0.6) is 0 Å². The number of aromatic nitrogens is 1. The zero-order valence-corrected chi connectivity index (χ0v) is 17.6. The van der Waals surface area contributed by atoms with Crippen molar-refractivity contribution in [1.82, 2.24) is 10.3 Å². The Morgan fingerprint density at radius 2 is 1.83 bits per heavy atom. The van der Waals surface area contributed by atoms with E-state index in [2.05, 4.69) is 27.3 Å². The molecule has 4 aromatic rings. The highest BCUT2D eigenvalue weighted by Crippen LogP contribution is 2.32. The lowest BCUT2D eigenvalue weighted by atomic mass is 10.0. The number of rotatable bonds is 2. The summed E-state index contributed by atoms with van der Waals surface area (Å²) in [6.07, 6.45) is 0. The molecule has 8 heteroatoms. The Morgan fingerprint density at radius 1 is 1.07 bits per heavy atom. The molecular weight excluding hydrogens is 423 g/mol. The van der Waals surface area contributed by atoms with Crippen LogP contribution >= 0.6 is 24.0 Å².